The minimum absolute atomic E-state index is 0.665. The molecular weight excluding hydrogens is 272 g/mol. The van der Waals surface area contributed by atoms with Gasteiger partial charge in [-0.15, -0.1) is 0 Å². The van der Waals surface area contributed by atoms with Gasteiger partial charge in [-0.25, -0.2) is 4.99 Å². The Hall–Kier alpha value is -2.36. The zero-order chi connectivity index (χ0) is 15.8. The Morgan fingerprint density at radius 1 is 1.14 bits per heavy atom. The molecule has 0 radical (unpaired) electrons. The van der Waals surface area contributed by atoms with Crippen LogP contribution in [-0.4, -0.2) is 17.5 Å². The Bertz CT molecular complexity index is 634. The van der Waals surface area contributed by atoms with E-state index in [9.17, 15) is 0 Å². The van der Waals surface area contributed by atoms with E-state index in [0.717, 1.165) is 18.2 Å². The van der Waals surface area contributed by atoms with Crippen LogP contribution in [0.15, 0.2) is 47.6 Å². The summed E-state index contributed by atoms with van der Waals surface area (Å²) in [5.74, 6) is 0.814. The fraction of sp³-hybridized carbons (Fsp3) is 0.333. The van der Waals surface area contributed by atoms with Crippen LogP contribution in [0, 0.1) is 13.8 Å². The normalized spacial score (nSPS) is 11.3. The Morgan fingerprint density at radius 3 is 2.73 bits per heavy atom. The summed E-state index contributed by atoms with van der Waals surface area (Å²) in [5.41, 5.74) is 4.70. The second-order valence-corrected chi connectivity index (χ2v) is 5.30. The van der Waals surface area contributed by atoms with Crippen LogP contribution in [0.1, 0.15) is 29.3 Å². The summed E-state index contributed by atoms with van der Waals surface area (Å²) in [4.78, 5) is 9.03. The maximum Gasteiger partial charge on any atom is 0.191 e. The molecule has 0 aliphatic rings. The second-order valence-electron chi connectivity index (χ2n) is 5.30. The van der Waals surface area contributed by atoms with E-state index in [4.69, 9.17) is 0 Å². The highest BCUT2D eigenvalue weighted by atomic mass is 15.2. The molecule has 0 aliphatic heterocycles. The van der Waals surface area contributed by atoms with Crippen LogP contribution >= 0.6 is 0 Å². The molecule has 116 valence electrons. The highest BCUT2D eigenvalue weighted by Gasteiger charge is 2.01. The highest BCUT2D eigenvalue weighted by Crippen LogP contribution is 2.05. The van der Waals surface area contributed by atoms with E-state index >= 15 is 0 Å². The fourth-order valence-electron chi connectivity index (χ4n) is 2.19. The number of benzene rings is 1. The lowest BCUT2D eigenvalue weighted by atomic mass is 10.1. The maximum atomic E-state index is 4.64. The topological polar surface area (TPSA) is 49.3 Å². The van der Waals surface area contributed by atoms with Crippen molar-refractivity contribution in [1.29, 1.82) is 0 Å². The Labute approximate surface area is 132 Å². The first-order valence-electron chi connectivity index (χ1n) is 7.67. The molecule has 1 heterocycles. The van der Waals surface area contributed by atoms with Crippen LogP contribution in [0.5, 0.6) is 0 Å². The van der Waals surface area contributed by atoms with Crippen LogP contribution in [0.2, 0.25) is 0 Å². The molecular formula is C18H24N4. The summed E-state index contributed by atoms with van der Waals surface area (Å²) in [7, 11) is 0. The SMILES string of the molecule is CCNC(=NCc1cccc(C)c1)NCc1ncccc1C. The van der Waals surface area contributed by atoms with E-state index in [1.54, 1.807) is 0 Å². The largest absolute Gasteiger partial charge is 0.357 e. The summed E-state index contributed by atoms with van der Waals surface area (Å²) in [6, 6.07) is 12.5. The number of aliphatic imine (C=N–C) groups is 1. The zero-order valence-corrected chi connectivity index (χ0v) is 13.6. The molecule has 0 aliphatic carbocycles. The van der Waals surface area contributed by atoms with E-state index < -0.39 is 0 Å². The van der Waals surface area contributed by atoms with Crippen molar-refractivity contribution >= 4 is 5.96 Å². The number of hydrogen-bond donors (Lipinski definition) is 2. The monoisotopic (exact) mass is 296 g/mol. The van der Waals surface area contributed by atoms with Crippen molar-refractivity contribution in [2.24, 2.45) is 4.99 Å². The lowest BCUT2D eigenvalue weighted by Crippen LogP contribution is -2.37. The zero-order valence-electron chi connectivity index (χ0n) is 13.6. The molecule has 1 aromatic heterocycles. The standard InChI is InChI=1S/C18H24N4/c1-4-19-18(21-12-16-9-5-7-14(2)11-16)22-13-17-15(3)8-6-10-20-17/h5-11H,4,12-13H2,1-3H3,(H2,19,21,22). The van der Waals surface area contributed by atoms with Gasteiger partial charge in [0.15, 0.2) is 5.96 Å². The maximum absolute atomic E-state index is 4.64. The summed E-state index contributed by atoms with van der Waals surface area (Å²) in [5, 5.41) is 6.61. The summed E-state index contributed by atoms with van der Waals surface area (Å²) in [6.07, 6.45) is 1.82. The third-order valence-electron chi connectivity index (χ3n) is 3.39. The average Bonchev–Trinajstić information content (AvgIpc) is 2.51. The van der Waals surface area contributed by atoms with Gasteiger partial charge in [0, 0.05) is 12.7 Å². The minimum Gasteiger partial charge on any atom is -0.357 e. The first-order valence-corrected chi connectivity index (χ1v) is 7.67. The van der Waals surface area contributed by atoms with Crippen molar-refractivity contribution < 1.29 is 0 Å². The predicted molar refractivity (Wildman–Crippen MR) is 91.8 cm³/mol. The molecule has 0 fully saturated rings. The number of pyridine rings is 1. The third-order valence-corrected chi connectivity index (χ3v) is 3.39. The lowest BCUT2D eigenvalue weighted by Gasteiger charge is -2.12. The number of guanidine groups is 1. The van der Waals surface area contributed by atoms with E-state index in [2.05, 4.69) is 71.7 Å². The Morgan fingerprint density at radius 2 is 2.00 bits per heavy atom. The highest BCUT2D eigenvalue weighted by molar-refractivity contribution is 5.79. The quantitative estimate of drug-likeness (QED) is 0.659. The molecule has 0 bridgehead atoms. The van der Waals surface area contributed by atoms with Crippen molar-refractivity contribution in [2.45, 2.75) is 33.9 Å². The molecule has 0 saturated heterocycles. The van der Waals surface area contributed by atoms with E-state index in [1.165, 1.54) is 16.7 Å². The van der Waals surface area contributed by atoms with Gasteiger partial charge in [0.2, 0.25) is 0 Å². The molecule has 0 atom stereocenters. The minimum atomic E-state index is 0.665. The summed E-state index contributed by atoms with van der Waals surface area (Å²) < 4.78 is 0. The van der Waals surface area contributed by atoms with Crippen LogP contribution in [0.3, 0.4) is 0 Å². The summed E-state index contributed by atoms with van der Waals surface area (Å²) in [6.45, 7) is 8.41. The third kappa shape index (κ3) is 4.88. The molecule has 4 heteroatoms. The van der Waals surface area contributed by atoms with Gasteiger partial charge < -0.3 is 10.6 Å². The first-order chi connectivity index (χ1) is 10.7. The van der Waals surface area contributed by atoms with Crippen LogP contribution in [0.25, 0.3) is 0 Å². The summed E-state index contributed by atoms with van der Waals surface area (Å²) >= 11 is 0. The van der Waals surface area contributed by atoms with Gasteiger partial charge in [-0.3, -0.25) is 4.98 Å². The van der Waals surface area contributed by atoms with Crippen molar-refractivity contribution in [1.82, 2.24) is 15.6 Å². The van der Waals surface area contributed by atoms with Crippen LogP contribution in [-0.2, 0) is 13.1 Å². The molecule has 2 rings (SSSR count). The van der Waals surface area contributed by atoms with Crippen molar-refractivity contribution in [2.75, 3.05) is 6.54 Å². The number of aryl methyl sites for hydroxylation is 2. The molecule has 22 heavy (non-hydrogen) atoms. The number of nitrogens with one attached hydrogen (secondary N) is 2. The Kier molecular flexibility index (Phi) is 5.95. The number of hydrogen-bond acceptors (Lipinski definition) is 2. The number of nitrogens with zero attached hydrogens (tertiary/aromatic N) is 2. The molecule has 4 nitrogen and oxygen atoms in total. The lowest BCUT2D eigenvalue weighted by molar-refractivity contribution is 0.794. The predicted octanol–water partition coefficient (Wildman–Crippen LogP) is 2.95. The van der Waals surface area contributed by atoms with Gasteiger partial charge in [-0.2, -0.15) is 0 Å². The van der Waals surface area contributed by atoms with E-state index in [0.29, 0.717) is 13.1 Å². The van der Waals surface area contributed by atoms with E-state index in [-0.39, 0.29) is 0 Å². The molecule has 0 unspecified atom stereocenters. The molecule has 2 N–H and O–H groups in total. The molecule has 0 amide bonds. The van der Waals surface area contributed by atoms with Gasteiger partial charge in [-0.05, 0) is 38.0 Å². The first kappa shape index (κ1) is 16.0. The van der Waals surface area contributed by atoms with Crippen LogP contribution in [0.4, 0.5) is 0 Å². The molecule has 0 saturated carbocycles. The van der Waals surface area contributed by atoms with Gasteiger partial charge in [0.1, 0.15) is 0 Å². The van der Waals surface area contributed by atoms with Crippen LogP contribution < -0.4 is 10.6 Å². The number of aromatic nitrogens is 1. The molecule has 1 aromatic carbocycles. The van der Waals surface area contributed by atoms with E-state index in [1.807, 2.05) is 12.3 Å². The molecule has 0 spiro atoms. The van der Waals surface area contributed by atoms with Gasteiger partial charge in [-0.1, -0.05) is 35.9 Å². The number of rotatable bonds is 5. The fourth-order valence-corrected chi connectivity index (χ4v) is 2.19. The molecule has 2 aromatic rings. The average molecular weight is 296 g/mol. The van der Waals surface area contributed by atoms with Gasteiger partial charge >= 0.3 is 0 Å². The second kappa shape index (κ2) is 8.17. The van der Waals surface area contributed by atoms with Crippen molar-refractivity contribution in [3.8, 4) is 0 Å². The van der Waals surface area contributed by atoms with Gasteiger partial charge in [0.05, 0.1) is 18.8 Å². The Balaban J connectivity index is 2.00. The van der Waals surface area contributed by atoms with Gasteiger partial charge in [0.25, 0.3) is 0 Å². The van der Waals surface area contributed by atoms with Crippen molar-refractivity contribution in [3.05, 3.63) is 65.0 Å². The van der Waals surface area contributed by atoms with Crippen molar-refractivity contribution in [3.63, 3.8) is 0 Å². The smallest absolute Gasteiger partial charge is 0.191 e.